The molecular weight excluding hydrogens is 228 g/mol. The summed E-state index contributed by atoms with van der Waals surface area (Å²) in [4.78, 5) is 20.0. The molecule has 5 nitrogen and oxygen atoms in total. The summed E-state index contributed by atoms with van der Waals surface area (Å²) in [5.74, 6) is 0.391. The third-order valence-corrected chi connectivity index (χ3v) is 2.59. The first-order chi connectivity index (χ1) is 8.81. The van der Waals surface area contributed by atoms with Gasteiger partial charge in [-0.1, -0.05) is 6.92 Å². The van der Waals surface area contributed by atoms with Gasteiger partial charge >= 0.3 is 0 Å². The van der Waals surface area contributed by atoms with Crippen molar-refractivity contribution in [3.63, 3.8) is 0 Å². The van der Waals surface area contributed by atoms with E-state index in [9.17, 15) is 4.79 Å². The van der Waals surface area contributed by atoms with Crippen molar-refractivity contribution in [2.75, 3.05) is 5.32 Å². The van der Waals surface area contributed by atoms with Crippen LogP contribution in [-0.4, -0.2) is 14.5 Å². The Morgan fingerprint density at radius 1 is 1.28 bits per heavy atom. The highest BCUT2D eigenvalue weighted by Gasteiger charge is 2.03. The fraction of sp³-hybridized carbons (Fsp3) is 0.308. The topological polar surface area (TPSA) is 59.8 Å². The number of rotatable bonds is 5. The van der Waals surface area contributed by atoms with Crippen LogP contribution in [0.25, 0.3) is 0 Å². The molecule has 2 aromatic rings. The first kappa shape index (κ1) is 12.3. The van der Waals surface area contributed by atoms with Crippen molar-refractivity contribution in [1.82, 2.24) is 14.5 Å². The SMILES string of the molecule is CCCn1ccnc(NCc2ccncc2)c1=O. The summed E-state index contributed by atoms with van der Waals surface area (Å²) in [7, 11) is 0. The molecule has 2 heterocycles. The second kappa shape index (κ2) is 5.95. The highest BCUT2D eigenvalue weighted by Crippen LogP contribution is 2.00. The van der Waals surface area contributed by atoms with E-state index in [0.29, 0.717) is 18.9 Å². The Kier molecular flexibility index (Phi) is 4.06. The molecule has 0 aliphatic carbocycles. The third-order valence-electron chi connectivity index (χ3n) is 2.59. The lowest BCUT2D eigenvalue weighted by Crippen LogP contribution is -2.24. The number of aryl methyl sites for hydroxylation is 1. The summed E-state index contributed by atoms with van der Waals surface area (Å²) in [6.45, 7) is 3.32. The molecular formula is C13H16N4O. The van der Waals surface area contributed by atoms with Crippen molar-refractivity contribution in [1.29, 1.82) is 0 Å². The smallest absolute Gasteiger partial charge is 0.293 e. The molecule has 0 aromatic carbocycles. The van der Waals surface area contributed by atoms with Gasteiger partial charge in [0.1, 0.15) is 0 Å². The van der Waals surface area contributed by atoms with Crippen LogP contribution in [0.2, 0.25) is 0 Å². The summed E-state index contributed by atoms with van der Waals surface area (Å²) in [6, 6.07) is 3.81. The minimum Gasteiger partial charge on any atom is -0.361 e. The predicted octanol–water partition coefficient (Wildman–Crippen LogP) is 1.66. The number of nitrogens with one attached hydrogen (secondary N) is 1. The summed E-state index contributed by atoms with van der Waals surface area (Å²) >= 11 is 0. The molecule has 0 radical (unpaired) electrons. The highest BCUT2D eigenvalue weighted by atomic mass is 16.1. The van der Waals surface area contributed by atoms with Crippen molar-refractivity contribution >= 4 is 5.82 Å². The summed E-state index contributed by atoms with van der Waals surface area (Å²) in [5.41, 5.74) is 0.991. The van der Waals surface area contributed by atoms with E-state index in [1.165, 1.54) is 0 Å². The van der Waals surface area contributed by atoms with E-state index in [1.54, 1.807) is 29.4 Å². The van der Waals surface area contributed by atoms with Gasteiger partial charge in [0.2, 0.25) is 0 Å². The second-order valence-corrected chi connectivity index (χ2v) is 3.98. The molecule has 0 unspecified atom stereocenters. The molecule has 2 rings (SSSR count). The van der Waals surface area contributed by atoms with Crippen molar-refractivity contribution in [3.8, 4) is 0 Å². The molecule has 0 aliphatic rings. The van der Waals surface area contributed by atoms with Gasteiger partial charge < -0.3 is 9.88 Å². The quantitative estimate of drug-likeness (QED) is 0.869. The Hall–Kier alpha value is -2.17. The monoisotopic (exact) mass is 244 g/mol. The van der Waals surface area contributed by atoms with Gasteiger partial charge in [-0.2, -0.15) is 0 Å². The summed E-state index contributed by atoms with van der Waals surface area (Å²) < 4.78 is 1.67. The van der Waals surface area contributed by atoms with Crippen LogP contribution in [0.15, 0.2) is 41.7 Å². The molecule has 0 saturated heterocycles. The number of aromatic nitrogens is 3. The number of hydrogen-bond acceptors (Lipinski definition) is 4. The number of anilines is 1. The molecule has 0 amide bonds. The molecule has 2 aromatic heterocycles. The Morgan fingerprint density at radius 3 is 2.78 bits per heavy atom. The Morgan fingerprint density at radius 2 is 2.06 bits per heavy atom. The maximum absolute atomic E-state index is 12.0. The van der Waals surface area contributed by atoms with Crippen molar-refractivity contribution in [2.45, 2.75) is 26.4 Å². The molecule has 1 N–H and O–H groups in total. The van der Waals surface area contributed by atoms with Crippen molar-refractivity contribution in [3.05, 3.63) is 52.8 Å². The van der Waals surface area contributed by atoms with Crippen molar-refractivity contribution < 1.29 is 0 Å². The standard InChI is InChI=1S/C13H16N4O/c1-2-8-17-9-7-15-12(13(17)18)16-10-11-3-5-14-6-4-11/h3-7,9H,2,8,10H2,1H3,(H,15,16). The van der Waals surface area contributed by atoms with Gasteiger partial charge in [0.05, 0.1) is 0 Å². The van der Waals surface area contributed by atoms with Crippen LogP contribution in [0.3, 0.4) is 0 Å². The van der Waals surface area contributed by atoms with Crippen LogP contribution in [-0.2, 0) is 13.1 Å². The molecule has 0 atom stereocenters. The lowest BCUT2D eigenvalue weighted by molar-refractivity contribution is 0.649. The van der Waals surface area contributed by atoms with Crippen LogP contribution in [0.5, 0.6) is 0 Å². The van der Waals surface area contributed by atoms with E-state index in [-0.39, 0.29) is 5.56 Å². The summed E-state index contributed by atoms with van der Waals surface area (Å²) in [6.07, 6.45) is 7.73. The first-order valence-corrected chi connectivity index (χ1v) is 5.99. The largest absolute Gasteiger partial charge is 0.361 e. The lowest BCUT2D eigenvalue weighted by atomic mass is 10.3. The molecule has 0 saturated carbocycles. The van der Waals surface area contributed by atoms with E-state index in [0.717, 1.165) is 12.0 Å². The minimum atomic E-state index is -0.0755. The van der Waals surface area contributed by atoms with E-state index in [1.807, 2.05) is 19.1 Å². The number of hydrogen-bond donors (Lipinski definition) is 1. The lowest BCUT2D eigenvalue weighted by Gasteiger charge is -2.08. The zero-order valence-corrected chi connectivity index (χ0v) is 10.3. The van der Waals surface area contributed by atoms with Gasteiger partial charge in [-0.05, 0) is 24.1 Å². The van der Waals surface area contributed by atoms with Gasteiger partial charge in [0, 0.05) is 37.9 Å². The highest BCUT2D eigenvalue weighted by molar-refractivity contribution is 5.32. The normalized spacial score (nSPS) is 10.3. The average molecular weight is 244 g/mol. The molecule has 0 aliphatic heterocycles. The van der Waals surface area contributed by atoms with Crippen LogP contribution in [0, 0.1) is 0 Å². The molecule has 18 heavy (non-hydrogen) atoms. The van der Waals surface area contributed by atoms with E-state index >= 15 is 0 Å². The van der Waals surface area contributed by atoms with Gasteiger partial charge in [-0.25, -0.2) is 4.98 Å². The zero-order valence-electron chi connectivity index (χ0n) is 10.3. The van der Waals surface area contributed by atoms with Crippen LogP contribution in [0.1, 0.15) is 18.9 Å². The fourth-order valence-corrected chi connectivity index (χ4v) is 1.67. The Labute approximate surface area is 106 Å². The maximum atomic E-state index is 12.0. The molecule has 5 heteroatoms. The van der Waals surface area contributed by atoms with E-state index in [4.69, 9.17) is 0 Å². The van der Waals surface area contributed by atoms with Crippen LogP contribution >= 0.6 is 0 Å². The predicted molar refractivity (Wildman–Crippen MR) is 70.4 cm³/mol. The van der Waals surface area contributed by atoms with E-state index in [2.05, 4.69) is 15.3 Å². The Balaban J connectivity index is 2.10. The molecule has 94 valence electrons. The molecule has 0 fully saturated rings. The van der Waals surface area contributed by atoms with Gasteiger partial charge in [0.25, 0.3) is 5.56 Å². The Bertz CT molecular complexity index is 550. The van der Waals surface area contributed by atoms with Gasteiger partial charge in [0.15, 0.2) is 5.82 Å². The fourth-order valence-electron chi connectivity index (χ4n) is 1.67. The van der Waals surface area contributed by atoms with Gasteiger partial charge in [-0.3, -0.25) is 9.78 Å². The summed E-state index contributed by atoms with van der Waals surface area (Å²) in [5, 5.41) is 3.06. The van der Waals surface area contributed by atoms with Crippen LogP contribution < -0.4 is 10.9 Å². The number of nitrogens with zero attached hydrogens (tertiary/aromatic N) is 3. The van der Waals surface area contributed by atoms with Crippen molar-refractivity contribution in [2.24, 2.45) is 0 Å². The second-order valence-electron chi connectivity index (χ2n) is 3.98. The first-order valence-electron chi connectivity index (χ1n) is 5.99. The minimum absolute atomic E-state index is 0.0755. The maximum Gasteiger partial charge on any atom is 0.293 e. The van der Waals surface area contributed by atoms with Gasteiger partial charge in [-0.15, -0.1) is 0 Å². The van der Waals surface area contributed by atoms with E-state index < -0.39 is 0 Å². The number of pyridine rings is 1. The molecule has 0 bridgehead atoms. The van der Waals surface area contributed by atoms with Crippen LogP contribution in [0.4, 0.5) is 5.82 Å². The zero-order chi connectivity index (χ0) is 12.8. The molecule has 0 spiro atoms. The average Bonchev–Trinajstić information content (AvgIpc) is 2.41. The third kappa shape index (κ3) is 2.94.